The van der Waals surface area contributed by atoms with Crippen LogP contribution < -0.4 is 10.1 Å². The summed E-state index contributed by atoms with van der Waals surface area (Å²) in [5.74, 6) is 1.77. The van der Waals surface area contributed by atoms with Crippen LogP contribution in [0.15, 0.2) is 34.8 Å². The van der Waals surface area contributed by atoms with Gasteiger partial charge in [-0.25, -0.2) is 0 Å². The highest BCUT2D eigenvalue weighted by molar-refractivity contribution is 9.10. The summed E-state index contributed by atoms with van der Waals surface area (Å²) < 4.78 is 7.08. The lowest BCUT2D eigenvalue weighted by Gasteiger charge is -2.14. The third kappa shape index (κ3) is 4.08. The molecule has 0 radical (unpaired) electrons. The van der Waals surface area contributed by atoms with Gasteiger partial charge in [0.05, 0.1) is 4.47 Å². The number of hydrogen-bond acceptors (Lipinski definition) is 2. The maximum Gasteiger partial charge on any atom is 0.141 e. The molecule has 0 amide bonds. The molecule has 0 fully saturated rings. The Morgan fingerprint density at radius 2 is 1.81 bits per heavy atom. The molecular formula is C18H22BrNO. The molecule has 0 aliphatic rings. The van der Waals surface area contributed by atoms with Crippen LogP contribution in [0.2, 0.25) is 0 Å². The van der Waals surface area contributed by atoms with E-state index in [9.17, 15) is 0 Å². The van der Waals surface area contributed by atoms with Gasteiger partial charge in [0.25, 0.3) is 0 Å². The van der Waals surface area contributed by atoms with E-state index in [1.807, 2.05) is 6.07 Å². The summed E-state index contributed by atoms with van der Waals surface area (Å²) in [6.07, 6.45) is 0. The zero-order valence-corrected chi connectivity index (χ0v) is 14.7. The van der Waals surface area contributed by atoms with Crippen molar-refractivity contribution in [2.75, 3.05) is 6.54 Å². The van der Waals surface area contributed by atoms with Crippen LogP contribution >= 0.6 is 15.9 Å². The standard InChI is InChI=1S/C18H22BrNO/c1-5-20-11-15-6-7-17(16(19)10-15)21-18-9-12(2)8-13(3)14(18)4/h6-10,20H,5,11H2,1-4H3. The fraction of sp³-hybridized carbons (Fsp3) is 0.333. The van der Waals surface area contributed by atoms with Gasteiger partial charge in [-0.2, -0.15) is 0 Å². The minimum absolute atomic E-state index is 0.850. The Balaban J connectivity index is 2.24. The summed E-state index contributed by atoms with van der Waals surface area (Å²) in [6, 6.07) is 10.5. The van der Waals surface area contributed by atoms with Gasteiger partial charge in [0.1, 0.15) is 11.5 Å². The lowest BCUT2D eigenvalue weighted by Crippen LogP contribution is -2.11. The van der Waals surface area contributed by atoms with Crippen molar-refractivity contribution < 1.29 is 4.74 Å². The number of aryl methyl sites for hydroxylation is 2. The van der Waals surface area contributed by atoms with E-state index in [0.717, 1.165) is 29.1 Å². The third-order valence-electron chi connectivity index (χ3n) is 3.56. The molecule has 0 atom stereocenters. The van der Waals surface area contributed by atoms with Crippen molar-refractivity contribution in [3.05, 3.63) is 57.1 Å². The number of halogens is 1. The van der Waals surface area contributed by atoms with Crippen molar-refractivity contribution in [2.45, 2.75) is 34.2 Å². The van der Waals surface area contributed by atoms with Crippen LogP contribution in [0.3, 0.4) is 0 Å². The molecule has 2 nitrogen and oxygen atoms in total. The number of hydrogen-bond donors (Lipinski definition) is 1. The second-order valence-corrected chi connectivity index (χ2v) is 6.21. The van der Waals surface area contributed by atoms with Gasteiger partial charge in [-0.05, 0) is 83.7 Å². The molecule has 0 saturated carbocycles. The Hall–Kier alpha value is -1.32. The third-order valence-corrected chi connectivity index (χ3v) is 4.18. The van der Waals surface area contributed by atoms with Gasteiger partial charge in [-0.15, -0.1) is 0 Å². The molecule has 3 heteroatoms. The molecule has 1 N–H and O–H groups in total. The van der Waals surface area contributed by atoms with Gasteiger partial charge >= 0.3 is 0 Å². The predicted octanol–water partition coefficient (Wildman–Crippen LogP) is 5.28. The van der Waals surface area contributed by atoms with Crippen LogP contribution in [0.1, 0.15) is 29.2 Å². The highest BCUT2D eigenvalue weighted by atomic mass is 79.9. The van der Waals surface area contributed by atoms with Crippen molar-refractivity contribution >= 4 is 15.9 Å². The van der Waals surface area contributed by atoms with Crippen molar-refractivity contribution in [3.63, 3.8) is 0 Å². The predicted molar refractivity (Wildman–Crippen MR) is 92.2 cm³/mol. The van der Waals surface area contributed by atoms with Gasteiger partial charge in [-0.3, -0.25) is 0 Å². The summed E-state index contributed by atoms with van der Waals surface area (Å²) in [5, 5.41) is 3.32. The second kappa shape index (κ2) is 7.10. The number of ether oxygens (including phenoxy) is 1. The van der Waals surface area contributed by atoms with Gasteiger partial charge in [-0.1, -0.05) is 19.1 Å². The highest BCUT2D eigenvalue weighted by Gasteiger charge is 2.08. The number of benzene rings is 2. The van der Waals surface area contributed by atoms with E-state index in [-0.39, 0.29) is 0 Å². The Kier molecular flexibility index (Phi) is 5.43. The summed E-state index contributed by atoms with van der Waals surface area (Å²) >= 11 is 3.61. The van der Waals surface area contributed by atoms with Crippen LogP contribution in [0.4, 0.5) is 0 Å². The van der Waals surface area contributed by atoms with E-state index in [1.54, 1.807) is 0 Å². The molecule has 0 aromatic heterocycles. The van der Waals surface area contributed by atoms with Crippen molar-refractivity contribution in [2.24, 2.45) is 0 Å². The highest BCUT2D eigenvalue weighted by Crippen LogP contribution is 2.33. The minimum atomic E-state index is 0.850. The van der Waals surface area contributed by atoms with E-state index in [1.165, 1.54) is 22.3 Å². The van der Waals surface area contributed by atoms with E-state index >= 15 is 0 Å². The molecule has 0 aliphatic heterocycles. The molecule has 0 unspecified atom stereocenters. The summed E-state index contributed by atoms with van der Waals surface area (Å²) in [5.41, 5.74) is 4.90. The van der Waals surface area contributed by atoms with Crippen LogP contribution in [-0.4, -0.2) is 6.54 Å². The van der Waals surface area contributed by atoms with Gasteiger partial charge in [0.15, 0.2) is 0 Å². The average molecular weight is 348 g/mol. The number of nitrogens with one attached hydrogen (secondary N) is 1. The first-order valence-electron chi connectivity index (χ1n) is 7.26. The molecule has 2 aromatic carbocycles. The largest absolute Gasteiger partial charge is 0.456 e. The average Bonchev–Trinajstić information content (AvgIpc) is 2.44. The van der Waals surface area contributed by atoms with Crippen molar-refractivity contribution in [1.82, 2.24) is 5.32 Å². The lowest BCUT2D eigenvalue weighted by atomic mass is 10.1. The summed E-state index contributed by atoms with van der Waals surface area (Å²) in [4.78, 5) is 0. The molecule has 0 spiro atoms. The Morgan fingerprint density at radius 3 is 2.48 bits per heavy atom. The Morgan fingerprint density at radius 1 is 1.05 bits per heavy atom. The molecule has 21 heavy (non-hydrogen) atoms. The van der Waals surface area contributed by atoms with Crippen LogP contribution in [0.25, 0.3) is 0 Å². The van der Waals surface area contributed by atoms with Crippen LogP contribution in [0.5, 0.6) is 11.5 Å². The van der Waals surface area contributed by atoms with E-state index < -0.39 is 0 Å². The first-order valence-corrected chi connectivity index (χ1v) is 8.05. The maximum absolute atomic E-state index is 6.09. The van der Waals surface area contributed by atoms with Crippen LogP contribution in [0, 0.1) is 20.8 Å². The van der Waals surface area contributed by atoms with Gasteiger partial charge < -0.3 is 10.1 Å². The maximum atomic E-state index is 6.09. The van der Waals surface area contributed by atoms with Crippen molar-refractivity contribution in [3.8, 4) is 11.5 Å². The molecule has 0 bridgehead atoms. The smallest absolute Gasteiger partial charge is 0.141 e. The van der Waals surface area contributed by atoms with Crippen LogP contribution in [-0.2, 0) is 6.54 Å². The molecule has 0 saturated heterocycles. The molecule has 112 valence electrons. The monoisotopic (exact) mass is 347 g/mol. The van der Waals surface area contributed by atoms with E-state index in [4.69, 9.17) is 4.74 Å². The summed E-state index contributed by atoms with van der Waals surface area (Å²) in [6.45, 7) is 10.3. The second-order valence-electron chi connectivity index (χ2n) is 5.35. The lowest BCUT2D eigenvalue weighted by molar-refractivity contribution is 0.474. The Bertz CT molecular complexity index is 637. The molecule has 2 rings (SSSR count). The quantitative estimate of drug-likeness (QED) is 0.794. The summed E-state index contributed by atoms with van der Waals surface area (Å²) in [7, 11) is 0. The first-order chi connectivity index (χ1) is 10.0. The molecule has 0 aliphatic carbocycles. The van der Waals surface area contributed by atoms with Gasteiger partial charge in [0, 0.05) is 6.54 Å². The van der Waals surface area contributed by atoms with Gasteiger partial charge in [0.2, 0.25) is 0 Å². The Labute approximate surface area is 135 Å². The molecule has 0 heterocycles. The van der Waals surface area contributed by atoms with E-state index in [0.29, 0.717) is 0 Å². The van der Waals surface area contributed by atoms with Crippen molar-refractivity contribution in [1.29, 1.82) is 0 Å². The molecule has 2 aromatic rings. The topological polar surface area (TPSA) is 21.3 Å². The minimum Gasteiger partial charge on any atom is -0.456 e. The fourth-order valence-corrected chi connectivity index (χ4v) is 2.74. The number of rotatable bonds is 5. The zero-order chi connectivity index (χ0) is 15.4. The van der Waals surface area contributed by atoms with E-state index in [2.05, 4.69) is 73.2 Å². The SMILES string of the molecule is CCNCc1ccc(Oc2cc(C)cc(C)c2C)c(Br)c1. The molecular weight excluding hydrogens is 326 g/mol. The first kappa shape index (κ1) is 16.1. The fourth-order valence-electron chi connectivity index (χ4n) is 2.23. The normalized spacial score (nSPS) is 10.7. The zero-order valence-electron chi connectivity index (χ0n) is 13.1.